The van der Waals surface area contributed by atoms with Crippen molar-refractivity contribution in [1.29, 1.82) is 0 Å². The number of amidine groups is 1. The number of carboxylic acid groups (broad SMARTS) is 1. The van der Waals surface area contributed by atoms with Gasteiger partial charge in [-0.25, -0.2) is 0 Å². The van der Waals surface area contributed by atoms with E-state index in [-0.39, 0.29) is 34.3 Å². The molecule has 1 amide bonds. The smallest absolute Gasteiger partial charge is 0.305 e. The van der Waals surface area contributed by atoms with E-state index in [9.17, 15) is 19.7 Å². The Balaban J connectivity index is 2.23. The molecule has 0 saturated carbocycles. The second-order valence-electron chi connectivity index (χ2n) is 4.87. The van der Waals surface area contributed by atoms with Gasteiger partial charge in [-0.15, -0.1) is 5.10 Å². The maximum absolute atomic E-state index is 11.6. The van der Waals surface area contributed by atoms with Gasteiger partial charge in [0.05, 0.1) is 43.4 Å². The van der Waals surface area contributed by atoms with Crippen LogP contribution in [0.5, 0.6) is 11.5 Å². The summed E-state index contributed by atoms with van der Waals surface area (Å²) in [7, 11) is 2.74. The van der Waals surface area contributed by atoms with E-state index >= 15 is 0 Å². The molecule has 1 atom stereocenters. The van der Waals surface area contributed by atoms with Crippen LogP contribution in [0.4, 0.5) is 5.69 Å². The number of hydrogen-bond donors (Lipinski definition) is 2. The van der Waals surface area contributed by atoms with Crippen LogP contribution in [-0.2, 0) is 9.59 Å². The molecule has 1 aliphatic rings. The lowest BCUT2D eigenvalue weighted by molar-refractivity contribution is -0.385. The summed E-state index contributed by atoms with van der Waals surface area (Å²) in [6.07, 6.45) is 0.782. The van der Waals surface area contributed by atoms with E-state index in [0.717, 1.165) is 18.0 Å². The number of nitrogens with one attached hydrogen (secondary N) is 1. The molecule has 1 unspecified atom stereocenters. The van der Waals surface area contributed by atoms with Crippen LogP contribution in [0.3, 0.4) is 0 Å². The first-order chi connectivity index (χ1) is 12.3. The van der Waals surface area contributed by atoms with Crippen molar-refractivity contribution in [2.45, 2.75) is 11.7 Å². The number of hydrogen-bond acceptors (Lipinski definition) is 9. The number of amides is 1. The topological polar surface area (TPSA) is 153 Å². The molecule has 1 heterocycles. The van der Waals surface area contributed by atoms with E-state index in [2.05, 4.69) is 15.5 Å². The van der Waals surface area contributed by atoms with Crippen LogP contribution in [0.15, 0.2) is 22.3 Å². The quantitative estimate of drug-likeness (QED) is 0.402. The summed E-state index contributed by atoms with van der Waals surface area (Å²) in [4.78, 5) is 32.9. The van der Waals surface area contributed by atoms with Crippen molar-refractivity contribution in [3.05, 3.63) is 27.8 Å². The Morgan fingerprint density at radius 3 is 2.65 bits per heavy atom. The summed E-state index contributed by atoms with van der Waals surface area (Å²) in [5.41, 5.74) is -0.146. The number of nitro groups is 1. The minimum absolute atomic E-state index is 0.112. The molecule has 2 rings (SSSR count). The van der Waals surface area contributed by atoms with Crippen molar-refractivity contribution in [2.75, 3.05) is 14.2 Å². The standard InChI is InChI=1S/C14H14N4O7S/c1-24-9-3-7(8(18(22)23)4-10(9)25-2)6-15-17-14-16-13(21)11(26-14)5-12(19)20/h3-4,6,11H,5H2,1-2H3,(H,19,20)(H,16,17,21). The number of rotatable bonds is 7. The molecule has 1 aromatic carbocycles. The zero-order valence-electron chi connectivity index (χ0n) is 13.7. The number of methoxy groups -OCH3 is 2. The summed E-state index contributed by atoms with van der Waals surface area (Å²) >= 11 is 0.923. The van der Waals surface area contributed by atoms with E-state index in [1.54, 1.807) is 0 Å². The third-order valence-electron chi connectivity index (χ3n) is 3.21. The van der Waals surface area contributed by atoms with Crippen LogP contribution in [0, 0.1) is 10.1 Å². The first-order valence-electron chi connectivity index (χ1n) is 7.06. The van der Waals surface area contributed by atoms with Gasteiger partial charge < -0.3 is 19.9 Å². The van der Waals surface area contributed by atoms with Gasteiger partial charge in [0.1, 0.15) is 5.25 Å². The van der Waals surface area contributed by atoms with Crippen molar-refractivity contribution < 1.29 is 29.1 Å². The van der Waals surface area contributed by atoms with E-state index < -0.39 is 22.0 Å². The average molecular weight is 382 g/mol. The summed E-state index contributed by atoms with van der Waals surface area (Å²) in [6.45, 7) is 0. The normalized spacial score (nSPS) is 18.2. The molecule has 1 aliphatic heterocycles. The SMILES string of the molecule is COc1cc(C=NN=C2NC(=O)C(CC(=O)O)S2)c([N+](=O)[O-])cc1OC. The Bertz CT molecular complexity index is 809. The number of carboxylic acids is 1. The summed E-state index contributed by atoms with van der Waals surface area (Å²) in [5, 5.41) is 29.1. The largest absolute Gasteiger partial charge is 0.493 e. The predicted octanol–water partition coefficient (Wildman–Crippen LogP) is 1.01. The fourth-order valence-corrected chi connectivity index (χ4v) is 2.95. The monoisotopic (exact) mass is 382 g/mol. The van der Waals surface area contributed by atoms with Crippen molar-refractivity contribution >= 4 is 40.7 Å². The molecule has 11 nitrogen and oxygen atoms in total. The average Bonchev–Trinajstić information content (AvgIpc) is 2.92. The molecule has 26 heavy (non-hydrogen) atoms. The Kier molecular flexibility index (Phi) is 6.11. The lowest BCUT2D eigenvalue weighted by Crippen LogP contribution is -2.26. The number of carbonyl (C=O) groups excluding carboxylic acids is 1. The molecule has 0 aliphatic carbocycles. The van der Waals surface area contributed by atoms with Gasteiger partial charge in [0, 0.05) is 0 Å². The minimum atomic E-state index is -1.11. The number of ether oxygens (including phenoxy) is 2. The van der Waals surface area contributed by atoms with Crippen LogP contribution < -0.4 is 14.8 Å². The van der Waals surface area contributed by atoms with Crippen LogP contribution in [0.25, 0.3) is 0 Å². The summed E-state index contributed by atoms with van der Waals surface area (Å²) < 4.78 is 10.1. The molecule has 1 fully saturated rings. The van der Waals surface area contributed by atoms with Gasteiger partial charge >= 0.3 is 5.97 Å². The van der Waals surface area contributed by atoms with Crippen molar-refractivity contribution in [3.8, 4) is 11.5 Å². The summed E-state index contributed by atoms with van der Waals surface area (Å²) in [5.74, 6) is -1.12. The van der Waals surface area contributed by atoms with E-state index in [0.29, 0.717) is 0 Å². The van der Waals surface area contributed by atoms with Crippen molar-refractivity contribution in [1.82, 2.24) is 5.32 Å². The highest BCUT2D eigenvalue weighted by atomic mass is 32.2. The maximum Gasteiger partial charge on any atom is 0.305 e. The Morgan fingerprint density at radius 1 is 1.42 bits per heavy atom. The van der Waals surface area contributed by atoms with Crippen molar-refractivity contribution in [3.63, 3.8) is 0 Å². The molecule has 0 bridgehead atoms. The van der Waals surface area contributed by atoms with Crippen LogP contribution in [0.1, 0.15) is 12.0 Å². The van der Waals surface area contributed by atoms with Gasteiger partial charge in [-0.1, -0.05) is 11.8 Å². The van der Waals surface area contributed by atoms with Crippen LogP contribution in [-0.4, -0.2) is 52.8 Å². The third-order valence-corrected chi connectivity index (χ3v) is 4.28. The van der Waals surface area contributed by atoms with Crippen molar-refractivity contribution in [2.24, 2.45) is 10.2 Å². The number of nitrogens with zero attached hydrogens (tertiary/aromatic N) is 3. The second-order valence-corrected chi connectivity index (χ2v) is 6.06. The van der Waals surface area contributed by atoms with Gasteiger partial charge in [0.2, 0.25) is 5.91 Å². The zero-order valence-corrected chi connectivity index (χ0v) is 14.5. The van der Waals surface area contributed by atoms with Crippen LogP contribution in [0.2, 0.25) is 0 Å². The highest BCUT2D eigenvalue weighted by molar-refractivity contribution is 8.15. The van der Waals surface area contributed by atoms with Gasteiger partial charge in [-0.3, -0.25) is 19.7 Å². The number of aliphatic carboxylic acids is 1. The van der Waals surface area contributed by atoms with Gasteiger partial charge in [0.15, 0.2) is 16.7 Å². The molecule has 0 spiro atoms. The molecule has 1 saturated heterocycles. The molecule has 1 aromatic rings. The fraction of sp³-hybridized carbons (Fsp3) is 0.286. The second kappa shape index (κ2) is 8.29. The van der Waals surface area contributed by atoms with E-state index in [4.69, 9.17) is 14.6 Å². The lowest BCUT2D eigenvalue weighted by atomic mass is 10.1. The maximum atomic E-state index is 11.6. The van der Waals surface area contributed by atoms with Gasteiger partial charge in [-0.2, -0.15) is 5.10 Å². The fourth-order valence-electron chi connectivity index (χ4n) is 2.03. The first-order valence-corrected chi connectivity index (χ1v) is 7.94. The number of nitro benzene ring substituents is 1. The third kappa shape index (κ3) is 4.47. The Hall–Kier alpha value is -3.15. The van der Waals surface area contributed by atoms with Crippen LogP contribution >= 0.6 is 11.8 Å². The molecule has 12 heteroatoms. The molecule has 0 radical (unpaired) electrons. The first kappa shape index (κ1) is 19.2. The zero-order chi connectivity index (χ0) is 19.3. The predicted molar refractivity (Wildman–Crippen MR) is 93.0 cm³/mol. The molecule has 138 valence electrons. The van der Waals surface area contributed by atoms with E-state index in [1.807, 2.05) is 0 Å². The molecular weight excluding hydrogens is 368 g/mol. The Labute approximate surface area is 151 Å². The number of carbonyl (C=O) groups is 2. The summed E-state index contributed by atoms with van der Waals surface area (Å²) in [6, 6.07) is 2.57. The minimum Gasteiger partial charge on any atom is -0.493 e. The highest BCUT2D eigenvalue weighted by Crippen LogP contribution is 2.33. The molecule has 0 aromatic heterocycles. The molecular formula is C14H14N4O7S. The number of benzene rings is 1. The van der Waals surface area contributed by atoms with E-state index in [1.165, 1.54) is 26.4 Å². The molecule has 2 N–H and O–H groups in total. The number of thioether (sulfide) groups is 1. The highest BCUT2D eigenvalue weighted by Gasteiger charge is 2.32. The van der Waals surface area contributed by atoms with Gasteiger partial charge in [-0.05, 0) is 6.07 Å². The lowest BCUT2D eigenvalue weighted by Gasteiger charge is -2.08. The Morgan fingerprint density at radius 2 is 2.08 bits per heavy atom. The van der Waals surface area contributed by atoms with Gasteiger partial charge in [0.25, 0.3) is 5.69 Å².